The Hall–Kier alpha value is 4.34. The molecule has 0 nitrogen and oxygen atoms in total. The minimum atomic E-state index is -1.92. The van der Waals surface area contributed by atoms with Crippen LogP contribution in [-0.2, 0) is 0 Å². The van der Waals surface area contributed by atoms with Crippen LogP contribution in [0.2, 0.25) is 275 Å². The third kappa shape index (κ3) is 8.40. The first kappa shape index (κ1) is 66.3. The zero-order valence-corrected chi connectivity index (χ0v) is 72.0. The number of hydrogen-bond acceptors (Lipinski definition) is 0. The smallest absolute Gasteiger partial charge is 0.0315 e. The molecule has 0 radical (unpaired) electrons. The fraction of sp³-hybridized carbons (Fsp3) is 1.00. The van der Waals surface area contributed by atoms with Gasteiger partial charge in [-0.15, -0.1) is 0 Å². The minimum Gasteiger partial charge on any atom is -0.0739 e. The van der Waals surface area contributed by atoms with Gasteiger partial charge in [-0.25, -0.2) is 0 Å². The molecule has 0 saturated heterocycles. The van der Waals surface area contributed by atoms with E-state index in [0.29, 0.717) is 0 Å². The van der Waals surface area contributed by atoms with Crippen molar-refractivity contribution in [1.29, 1.82) is 0 Å². The highest BCUT2D eigenvalue weighted by Crippen LogP contribution is 2.60. The molecule has 0 fully saturated rings. The van der Waals surface area contributed by atoms with Gasteiger partial charge in [-0.3, -0.25) is 0 Å². The van der Waals surface area contributed by atoms with Crippen LogP contribution in [-0.4, -0.2) is 143 Å². The first-order chi connectivity index (χ1) is 25.8. The van der Waals surface area contributed by atoms with E-state index in [2.05, 4.69) is 275 Å². The highest BCUT2D eigenvalue weighted by Gasteiger charge is 2.87. The van der Waals surface area contributed by atoms with Gasteiger partial charge in [0.2, 0.25) is 0 Å². The molecule has 0 atom stereocenters. The van der Waals surface area contributed by atoms with Gasteiger partial charge in [0.25, 0.3) is 0 Å². The van der Waals surface area contributed by atoms with Crippen molar-refractivity contribution in [2.45, 2.75) is 275 Å². The molecule has 0 aliphatic carbocycles. The Kier molecular flexibility index (Phi) is 18.7. The summed E-state index contributed by atoms with van der Waals surface area (Å²) in [4.78, 5) is 0. The number of rotatable bonds is 19. The molecule has 0 aliphatic heterocycles. The molecule has 0 unspecified atom stereocenters. The third-order valence-electron chi connectivity index (χ3n) is 21.6. The van der Waals surface area contributed by atoms with Crippen LogP contribution in [0.15, 0.2) is 0 Å². The molecule has 0 N–H and O–H groups in total. The fourth-order valence-corrected chi connectivity index (χ4v) is 1140. The molecule has 374 valence electrons. The van der Waals surface area contributed by atoms with Crippen molar-refractivity contribution in [1.82, 2.24) is 0 Å². The van der Waals surface area contributed by atoms with Crippen LogP contribution in [0, 0.1) is 0 Å². The van der Waals surface area contributed by atoms with Gasteiger partial charge < -0.3 is 0 Å². The Morgan fingerprint density at radius 2 is 0.161 bits per heavy atom. The zero-order valence-electron chi connectivity index (χ0n) is 52.0. The molecular weight excluding hydrogens is 1070 g/mol. The highest BCUT2D eigenvalue weighted by molar-refractivity contribution is 8.33. The second-order valence-corrected chi connectivity index (χ2v) is 277. The van der Waals surface area contributed by atoms with Crippen molar-refractivity contribution < 1.29 is 0 Å². The average Bonchev–Trinajstić information content (AvgIpc) is 2.78. The molecule has 0 aliphatic rings. The maximum Gasteiger partial charge on any atom is 0.0315 e. The van der Waals surface area contributed by atoms with Crippen molar-refractivity contribution in [3.8, 4) is 0 Å². The first-order valence-corrected chi connectivity index (χ1v) is 106. The molecule has 0 saturated carbocycles. The lowest BCUT2D eigenvalue weighted by atomic mass is 11.8. The van der Waals surface area contributed by atoms with Crippen LogP contribution in [0.3, 0.4) is 0 Å². The average molecular weight is 1190 g/mol. The fourth-order valence-electron chi connectivity index (χ4n) is 26.5. The molecule has 0 spiro atoms. The molecule has 0 heterocycles. The Bertz CT molecular complexity index is 1370. The maximum absolute atomic E-state index is 3.39. The van der Waals surface area contributed by atoms with E-state index in [1.807, 2.05) is 0 Å². The Labute approximate surface area is 413 Å². The second-order valence-electron chi connectivity index (χ2n) is 35.2. The van der Waals surface area contributed by atoms with Crippen LogP contribution in [0.1, 0.15) is 0 Å². The summed E-state index contributed by atoms with van der Waals surface area (Å²) in [5.41, 5.74) is 0. The second kappa shape index (κ2) is 17.5. The first-order valence-electron chi connectivity index (χ1n) is 25.8. The summed E-state index contributed by atoms with van der Waals surface area (Å²) in [5.74, 6) is 0. The minimum absolute atomic E-state index is 1.49. The molecule has 0 bridgehead atoms. The standard InChI is InChI=1S/C42H126Si20/c1-43(2,3)59(44(4,5)6,45(7,8)9)53(31,32)55(35,36)61(49(19,20)21,50(22,23)24)57(39,40)58(41,42)62(51(25,26)27,52(28,29)30)56(37,38)54(33,34)60(46(10,11)12,47(13,14)15)48(16,17)18/h1-42H3. The Morgan fingerprint density at radius 3 is 0.226 bits per heavy atom. The van der Waals surface area contributed by atoms with Crippen LogP contribution < -0.4 is 0 Å². The van der Waals surface area contributed by atoms with Gasteiger partial charge >= 0.3 is 0 Å². The van der Waals surface area contributed by atoms with E-state index < -0.39 is 143 Å². The lowest BCUT2D eigenvalue weighted by Gasteiger charge is -2.81. The van der Waals surface area contributed by atoms with E-state index in [4.69, 9.17) is 0 Å². The summed E-state index contributed by atoms with van der Waals surface area (Å²) in [6.07, 6.45) is -7.08. The SMILES string of the molecule is C[Si](C)(C)[Si]([Si](C)(C)C)([Si](C)(C)C)[Si](C)(C)[Si](C)(C)[Si]([Si](C)(C)C)([Si](C)(C)C)[Si](C)(C)[Si](C)(C)[Si]([Si](C)(C)C)([Si](C)(C)C)[Si](C)(C)[Si](C)(C)[Si]([Si](C)(C)C)([Si](C)(C)C)[Si](C)(C)C. The van der Waals surface area contributed by atoms with Gasteiger partial charge in [0.15, 0.2) is 0 Å². The zero-order chi connectivity index (χ0) is 52.0. The maximum atomic E-state index is 3.39. The summed E-state index contributed by atoms with van der Waals surface area (Å²) in [7, 11) is -26.7. The lowest BCUT2D eigenvalue weighted by Crippen LogP contribution is -3.11. The molecule has 0 aromatic heterocycles. The summed E-state index contributed by atoms with van der Waals surface area (Å²) >= 11 is 0. The van der Waals surface area contributed by atoms with Crippen molar-refractivity contribution in [2.75, 3.05) is 0 Å². The van der Waals surface area contributed by atoms with Gasteiger partial charge in [0.1, 0.15) is 0 Å². The van der Waals surface area contributed by atoms with E-state index in [1.165, 1.54) is 0 Å². The lowest BCUT2D eigenvalue weighted by molar-refractivity contribution is 1.71. The molecule has 62 heavy (non-hydrogen) atoms. The van der Waals surface area contributed by atoms with Gasteiger partial charge in [0, 0.05) is 143 Å². The van der Waals surface area contributed by atoms with Crippen molar-refractivity contribution in [2.24, 2.45) is 0 Å². The largest absolute Gasteiger partial charge is 0.0739 e. The highest BCUT2D eigenvalue weighted by atomic mass is 30.5. The summed E-state index contributed by atoms with van der Waals surface area (Å²) in [6, 6.07) is 0. The molecule has 0 aromatic carbocycles. The topological polar surface area (TPSA) is 0 Å². The number of hydrogen-bond donors (Lipinski definition) is 0. The van der Waals surface area contributed by atoms with E-state index in [1.54, 1.807) is 0 Å². The van der Waals surface area contributed by atoms with Crippen molar-refractivity contribution >= 4 is 143 Å². The van der Waals surface area contributed by atoms with Gasteiger partial charge in [-0.2, -0.15) is 0 Å². The third-order valence-corrected chi connectivity index (χ3v) is 599. The molecule has 0 amide bonds. The normalized spacial score (nSPS) is 17.5. The molecule has 0 aromatic rings. The van der Waals surface area contributed by atoms with E-state index >= 15 is 0 Å². The molecule has 0 rings (SSSR count). The van der Waals surface area contributed by atoms with Gasteiger partial charge in [-0.1, -0.05) is 275 Å². The van der Waals surface area contributed by atoms with E-state index in [-0.39, 0.29) is 0 Å². The van der Waals surface area contributed by atoms with Crippen LogP contribution >= 0.6 is 0 Å². The monoisotopic (exact) mass is 1190 g/mol. The Morgan fingerprint density at radius 1 is 0.0968 bits per heavy atom. The van der Waals surface area contributed by atoms with Crippen LogP contribution in [0.4, 0.5) is 0 Å². The Balaban J connectivity index is 10.5. The summed E-state index contributed by atoms with van der Waals surface area (Å²) in [6.45, 7) is 132. The van der Waals surface area contributed by atoms with E-state index in [0.717, 1.165) is 0 Å². The van der Waals surface area contributed by atoms with E-state index in [9.17, 15) is 0 Å². The molecular formula is C42H126Si20. The quantitative estimate of drug-likeness (QED) is 0.113. The predicted molar refractivity (Wildman–Crippen MR) is 361 cm³/mol. The van der Waals surface area contributed by atoms with Crippen molar-refractivity contribution in [3.63, 3.8) is 0 Å². The van der Waals surface area contributed by atoms with Crippen LogP contribution in [0.25, 0.3) is 0 Å². The van der Waals surface area contributed by atoms with Crippen molar-refractivity contribution in [3.05, 3.63) is 0 Å². The predicted octanol–water partition coefficient (Wildman–Crippen LogP) is 16.9. The molecule has 20 heteroatoms. The van der Waals surface area contributed by atoms with Crippen LogP contribution in [0.5, 0.6) is 0 Å². The summed E-state index contributed by atoms with van der Waals surface area (Å²) < 4.78 is 0. The van der Waals surface area contributed by atoms with Gasteiger partial charge in [-0.05, 0) is 0 Å². The van der Waals surface area contributed by atoms with Gasteiger partial charge in [0.05, 0.1) is 0 Å². The summed E-state index contributed by atoms with van der Waals surface area (Å²) in [5, 5.41) is 0.